The van der Waals surface area contributed by atoms with Gasteiger partial charge in [-0.1, -0.05) is 37.3 Å². The summed E-state index contributed by atoms with van der Waals surface area (Å²) in [6.45, 7) is 3.74. The van der Waals surface area contributed by atoms with Gasteiger partial charge in [-0.15, -0.1) is 0 Å². The van der Waals surface area contributed by atoms with Crippen molar-refractivity contribution < 1.29 is 9.90 Å². The monoisotopic (exact) mass is 242 g/mol. The number of hydrogen-bond acceptors (Lipinski definition) is 3. The Morgan fingerprint density at radius 3 is 2.50 bits per heavy atom. The standard InChI is InChI=1S/C14H14N2O2/c1-9-8-12(14(17)18)16-13(15-9)10(2)11-6-4-3-5-7-11/h3-8,10H,1-2H3,(H,17,18). The zero-order chi connectivity index (χ0) is 13.1. The number of hydrogen-bond donors (Lipinski definition) is 1. The maximum absolute atomic E-state index is 11.0. The first-order valence-corrected chi connectivity index (χ1v) is 5.71. The molecule has 0 aliphatic rings. The number of benzene rings is 1. The van der Waals surface area contributed by atoms with Crippen LogP contribution in [-0.4, -0.2) is 21.0 Å². The highest BCUT2D eigenvalue weighted by atomic mass is 16.4. The van der Waals surface area contributed by atoms with E-state index in [2.05, 4.69) is 9.97 Å². The lowest BCUT2D eigenvalue weighted by atomic mass is 10.0. The van der Waals surface area contributed by atoms with Gasteiger partial charge in [0.1, 0.15) is 5.82 Å². The van der Waals surface area contributed by atoms with Gasteiger partial charge in [0.25, 0.3) is 0 Å². The predicted molar refractivity (Wildman–Crippen MR) is 67.7 cm³/mol. The summed E-state index contributed by atoms with van der Waals surface area (Å²) >= 11 is 0. The number of rotatable bonds is 3. The molecule has 4 nitrogen and oxygen atoms in total. The first-order chi connectivity index (χ1) is 8.58. The minimum Gasteiger partial charge on any atom is -0.477 e. The van der Waals surface area contributed by atoms with Crippen LogP contribution in [0.15, 0.2) is 36.4 Å². The predicted octanol–water partition coefficient (Wildman–Crippen LogP) is 2.64. The van der Waals surface area contributed by atoms with Crippen molar-refractivity contribution in [3.63, 3.8) is 0 Å². The van der Waals surface area contributed by atoms with Gasteiger partial charge >= 0.3 is 5.97 Å². The molecule has 1 atom stereocenters. The molecule has 0 radical (unpaired) electrons. The van der Waals surface area contributed by atoms with E-state index in [0.29, 0.717) is 11.5 Å². The molecule has 1 aromatic heterocycles. The van der Waals surface area contributed by atoms with Crippen LogP contribution in [0.4, 0.5) is 0 Å². The average Bonchev–Trinajstić information content (AvgIpc) is 2.38. The molecule has 4 heteroatoms. The van der Waals surface area contributed by atoms with Crippen LogP contribution >= 0.6 is 0 Å². The molecule has 0 spiro atoms. The average molecular weight is 242 g/mol. The Bertz CT molecular complexity index is 567. The van der Waals surface area contributed by atoms with E-state index in [1.54, 1.807) is 6.92 Å². The second kappa shape index (κ2) is 4.96. The fraction of sp³-hybridized carbons (Fsp3) is 0.214. The molecule has 0 bridgehead atoms. The molecule has 2 aromatic rings. The third-order valence-corrected chi connectivity index (χ3v) is 2.78. The molecule has 0 saturated carbocycles. The fourth-order valence-electron chi connectivity index (χ4n) is 1.79. The molecule has 0 aliphatic heterocycles. The topological polar surface area (TPSA) is 63.1 Å². The summed E-state index contributed by atoms with van der Waals surface area (Å²) in [6.07, 6.45) is 0. The number of nitrogens with zero attached hydrogens (tertiary/aromatic N) is 2. The lowest BCUT2D eigenvalue weighted by molar-refractivity contribution is 0.0689. The van der Waals surface area contributed by atoms with E-state index in [4.69, 9.17) is 5.11 Å². The minimum absolute atomic E-state index is 0.0239. The Morgan fingerprint density at radius 1 is 1.22 bits per heavy atom. The van der Waals surface area contributed by atoms with Crippen molar-refractivity contribution in [3.8, 4) is 0 Å². The smallest absolute Gasteiger partial charge is 0.354 e. The third-order valence-electron chi connectivity index (χ3n) is 2.78. The molecule has 92 valence electrons. The van der Waals surface area contributed by atoms with Crippen molar-refractivity contribution in [1.29, 1.82) is 0 Å². The molecular formula is C14H14N2O2. The maximum Gasteiger partial charge on any atom is 0.354 e. The van der Waals surface area contributed by atoms with Crippen molar-refractivity contribution in [1.82, 2.24) is 9.97 Å². The van der Waals surface area contributed by atoms with Crippen LogP contribution in [0.3, 0.4) is 0 Å². The van der Waals surface area contributed by atoms with Crippen molar-refractivity contribution in [2.45, 2.75) is 19.8 Å². The van der Waals surface area contributed by atoms with Gasteiger partial charge < -0.3 is 5.11 Å². The second-order valence-electron chi connectivity index (χ2n) is 4.19. The molecule has 1 unspecified atom stereocenters. The van der Waals surface area contributed by atoms with Crippen LogP contribution in [0.2, 0.25) is 0 Å². The summed E-state index contributed by atoms with van der Waals surface area (Å²) in [4.78, 5) is 19.4. The Labute approximate surface area is 105 Å². The molecule has 18 heavy (non-hydrogen) atoms. The molecule has 0 fully saturated rings. The largest absolute Gasteiger partial charge is 0.477 e. The van der Waals surface area contributed by atoms with Gasteiger partial charge in [0.2, 0.25) is 0 Å². The first kappa shape index (κ1) is 12.2. The van der Waals surface area contributed by atoms with E-state index in [-0.39, 0.29) is 11.6 Å². The zero-order valence-electron chi connectivity index (χ0n) is 10.3. The molecule has 0 aliphatic carbocycles. The van der Waals surface area contributed by atoms with E-state index in [1.807, 2.05) is 37.3 Å². The van der Waals surface area contributed by atoms with Gasteiger partial charge in [-0.3, -0.25) is 0 Å². The van der Waals surface area contributed by atoms with Gasteiger partial charge in [-0.2, -0.15) is 0 Å². The van der Waals surface area contributed by atoms with Gasteiger partial charge in [-0.05, 0) is 18.6 Å². The Balaban J connectivity index is 2.42. The van der Waals surface area contributed by atoms with Crippen LogP contribution in [0.25, 0.3) is 0 Å². The second-order valence-corrected chi connectivity index (χ2v) is 4.19. The van der Waals surface area contributed by atoms with E-state index in [9.17, 15) is 4.79 Å². The van der Waals surface area contributed by atoms with Gasteiger partial charge in [-0.25, -0.2) is 14.8 Å². The molecule has 1 heterocycles. The number of carboxylic acids is 1. The van der Waals surface area contributed by atoms with E-state index in [1.165, 1.54) is 6.07 Å². The van der Waals surface area contributed by atoms with E-state index in [0.717, 1.165) is 5.56 Å². The molecular weight excluding hydrogens is 228 g/mol. The minimum atomic E-state index is -1.03. The quantitative estimate of drug-likeness (QED) is 0.898. The fourth-order valence-corrected chi connectivity index (χ4v) is 1.79. The lowest BCUT2D eigenvalue weighted by Crippen LogP contribution is -2.09. The highest BCUT2D eigenvalue weighted by molar-refractivity contribution is 5.85. The van der Waals surface area contributed by atoms with Crippen LogP contribution in [0.5, 0.6) is 0 Å². The van der Waals surface area contributed by atoms with E-state index >= 15 is 0 Å². The van der Waals surface area contributed by atoms with Crippen molar-refractivity contribution in [3.05, 3.63) is 59.2 Å². The number of aromatic carboxylic acids is 1. The number of carbonyl (C=O) groups is 1. The molecule has 1 N–H and O–H groups in total. The van der Waals surface area contributed by atoms with Crippen LogP contribution in [0.1, 0.15) is 40.4 Å². The molecule has 0 saturated heterocycles. The molecule has 1 aromatic carbocycles. The third kappa shape index (κ3) is 2.53. The highest BCUT2D eigenvalue weighted by Gasteiger charge is 2.15. The Hall–Kier alpha value is -2.23. The number of aryl methyl sites for hydroxylation is 1. The molecule has 0 amide bonds. The van der Waals surface area contributed by atoms with Crippen molar-refractivity contribution in [2.75, 3.05) is 0 Å². The van der Waals surface area contributed by atoms with Gasteiger partial charge in [0.15, 0.2) is 5.69 Å². The number of carboxylic acid groups (broad SMARTS) is 1. The summed E-state index contributed by atoms with van der Waals surface area (Å²) in [6, 6.07) is 11.3. The van der Waals surface area contributed by atoms with Gasteiger partial charge in [0, 0.05) is 11.6 Å². The summed E-state index contributed by atoms with van der Waals surface area (Å²) in [5.41, 5.74) is 1.78. The lowest BCUT2D eigenvalue weighted by Gasteiger charge is -2.11. The van der Waals surface area contributed by atoms with Crippen molar-refractivity contribution >= 4 is 5.97 Å². The maximum atomic E-state index is 11.0. The Morgan fingerprint density at radius 2 is 1.89 bits per heavy atom. The first-order valence-electron chi connectivity index (χ1n) is 5.71. The zero-order valence-corrected chi connectivity index (χ0v) is 10.3. The summed E-state index contributed by atoms with van der Waals surface area (Å²) < 4.78 is 0. The van der Waals surface area contributed by atoms with Crippen LogP contribution in [-0.2, 0) is 0 Å². The normalized spacial score (nSPS) is 12.1. The summed E-state index contributed by atoms with van der Waals surface area (Å²) in [5.74, 6) is -0.509. The highest BCUT2D eigenvalue weighted by Crippen LogP contribution is 2.21. The summed E-state index contributed by atoms with van der Waals surface area (Å²) in [7, 11) is 0. The molecule has 2 rings (SSSR count). The van der Waals surface area contributed by atoms with Crippen LogP contribution in [0, 0.1) is 6.92 Å². The van der Waals surface area contributed by atoms with Gasteiger partial charge in [0.05, 0.1) is 0 Å². The van der Waals surface area contributed by atoms with Crippen LogP contribution < -0.4 is 0 Å². The SMILES string of the molecule is Cc1cc(C(=O)O)nc(C(C)c2ccccc2)n1. The summed E-state index contributed by atoms with van der Waals surface area (Å²) in [5, 5.41) is 9.00. The Kier molecular flexibility index (Phi) is 3.37. The van der Waals surface area contributed by atoms with E-state index < -0.39 is 5.97 Å². The number of aromatic nitrogens is 2. The van der Waals surface area contributed by atoms with Crippen molar-refractivity contribution in [2.24, 2.45) is 0 Å².